The maximum Gasteiger partial charge on any atom is 0.354 e. The molecule has 2 aromatic rings. The molecule has 1 aliphatic carbocycles. The van der Waals surface area contributed by atoms with E-state index in [1.807, 2.05) is 4.40 Å². The van der Waals surface area contributed by atoms with Crippen LogP contribution < -0.4 is 0 Å². The number of rotatable bonds is 2. The lowest BCUT2D eigenvalue weighted by Gasteiger charge is -2.21. The monoisotopic (exact) mass is 258 g/mol. The van der Waals surface area contributed by atoms with Gasteiger partial charge in [-0.3, -0.25) is 0 Å². The van der Waals surface area contributed by atoms with Crippen molar-refractivity contribution in [1.82, 2.24) is 9.38 Å². The van der Waals surface area contributed by atoms with Crippen molar-refractivity contribution in [2.75, 3.05) is 0 Å². The molecule has 0 spiro atoms. The number of carbonyl (C=O) groups is 1. The van der Waals surface area contributed by atoms with Crippen molar-refractivity contribution in [3.63, 3.8) is 0 Å². The Morgan fingerprint density at radius 2 is 2.05 bits per heavy atom. The Balaban J connectivity index is 2.06. The summed E-state index contributed by atoms with van der Waals surface area (Å²) in [5, 5.41) is 9.00. The number of aromatic nitrogens is 2. The Kier molecular flexibility index (Phi) is 3.01. The third-order valence-electron chi connectivity index (χ3n) is 4.22. The summed E-state index contributed by atoms with van der Waals surface area (Å²) in [7, 11) is 0. The van der Waals surface area contributed by atoms with Crippen LogP contribution >= 0.6 is 0 Å². The molecule has 0 amide bonds. The fourth-order valence-electron chi connectivity index (χ4n) is 3.17. The van der Waals surface area contributed by atoms with Gasteiger partial charge in [-0.1, -0.05) is 19.3 Å². The Bertz CT molecular complexity index is 624. The number of aryl methyl sites for hydroxylation is 1. The minimum atomic E-state index is -0.972. The fraction of sp³-hybridized carbons (Fsp3) is 0.467. The van der Waals surface area contributed by atoms with E-state index >= 15 is 0 Å². The number of carboxylic acid groups (broad SMARTS) is 1. The van der Waals surface area contributed by atoms with Gasteiger partial charge in [-0.15, -0.1) is 0 Å². The second-order valence-electron chi connectivity index (χ2n) is 5.39. The summed E-state index contributed by atoms with van der Waals surface area (Å²) in [5.74, 6) is -0.345. The number of nitrogens with zero attached hydrogens (tertiary/aromatic N) is 2. The Hall–Kier alpha value is -1.84. The van der Waals surface area contributed by atoms with Gasteiger partial charge in [0.25, 0.3) is 0 Å². The maximum atomic E-state index is 11.0. The molecule has 4 nitrogen and oxygen atoms in total. The zero-order valence-electron chi connectivity index (χ0n) is 11.1. The van der Waals surface area contributed by atoms with Crippen molar-refractivity contribution in [3.8, 4) is 0 Å². The van der Waals surface area contributed by atoms with Gasteiger partial charge in [-0.05, 0) is 43.4 Å². The van der Waals surface area contributed by atoms with Gasteiger partial charge in [-0.25, -0.2) is 9.78 Å². The van der Waals surface area contributed by atoms with E-state index in [0.717, 1.165) is 5.52 Å². The van der Waals surface area contributed by atoms with Gasteiger partial charge < -0.3 is 9.51 Å². The standard InChI is InChI=1S/C15H18N2O2/c1-10-13(11-5-3-2-4-6-11)7-12-8-14(15(18)19)16-9-17(10)12/h7-9,11H,2-6H2,1H3,(H,18,19). The summed E-state index contributed by atoms with van der Waals surface area (Å²) in [5.41, 5.74) is 3.61. The average Bonchev–Trinajstić information content (AvgIpc) is 2.76. The van der Waals surface area contributed by atoms with Crippen LogP contribution in [0.4, 0.5) is 0 Å². The van der Waals surface area contributed by atoms with Gasteiger partial charge in [0.2, 0.25) is 0 Å². The zero-order chi connectivity index (χ0) is 13.4. The van der Waals surface area contributed by atoms with Crippen molar-refractivity contribution < 1.29 is 9.90 Å². The van der Waals surface area contributed by atoms with Gasteiger partial charge in [0.1, 0.15) is 6.33 Å². The van der Waals surface area contributed by atoms with Crippen LogP contribution in [-0.4, -0.2) is 20.5 Å². The minimum absolute atomic E-state index is 0.111. The lowest BCUT2D eigenvalue weighted by atomic mass is 9.84. The van der Waals surface area contributed by atoms with Crippen molar-refractivity contribution in [3.05, 3.63) is 35.4 Å². The second-order valence-corrected chi connectivity index (χ2v) is 5.39. The minimum Gasteiger partial charge on any atom is -0.477 e. The van der Waals surface area contributed by atoms with Crippen LogP contribution in [0, 0.1) is 6.92 Å². The molecule has 19 heavy (non-hydrogen) atoms. The highest BCUT2D eigenvalue weighted by Crippen LogP contribution is 2.35. The van der Waals surface area contributed by atoms with E-state index in [0.29, 0.717) is 5.92 Å². The largest absolute Gasteiger partial charge is 0.477 e. The molecule has 3 rings (SSSR count). The van der Waals surface area contributed by atoms with E-state index in [-0.39, 0.29) is 5.69 Å². The average molecular weight is 258 g/mol. The number of hydrogen-bond acceptors (Lipinski definition) is 2. The van der Waals surface area contributed by atoms with Crippen LogP contribution in [0.25, 0.3) is 5.52 Å². The highest BCUT2D eigenvalue weighted by molar-refractivity contribution is 5.86. The molecule has 0 unspecified atom stereocenters. The summed E-state index contributed by atoms with van der Waals surface area (Å²) in [4.78, 5) is 15.0. The zero-order valence-corrected chi connectivity index (χ0v) is 11.1. The summed E-state index contributed by atoms with van der Waals surface area (Å²) in [6, 6.07) is 3.79. The molecule has 0 atom stereocenters. The summed E-state index contributed by atoms with van der Waals surface area (Å²) < 4.78 is 2.00. The molecule has 1 aliphatic rings. The van der Waals surface area contributed by atoms with E-state index in [1.54, 1.807) is 12.4 Å². The molecule has 0 aromatic carbocycles. The number of hydrogen-bond donors (Lipinski definition) is 1. The molecule has 0 saturated heterocycles. The van der Waals surface area contributed by atoms with Gasteiger partial charge >= 0.3 is 5.97 Å². The third kappa shape index (κ3) is 2.11. The Labute approximate surface area is 112 Å². The van der Waals surface area contributed by atoms with Gasteiger partial charge in [0, 0.05) is 11.2 Å². The molecule has 100 valence electrons. The first-order valence-electron chi connectivity index (χ1n) is 6.87. The van der Waals surface area contributed by atoms with Crippen molar-refractivity contribution >= 4 is 11.5 Å². The van der Waals surface area contributed by atoms with Crippen molar-refractivity contribution in [1.29, 1.82) is 0 Å². The van der Waals surface area contributed by atoms with Crippen LogP contribution in [0.2, 0.25) is 0 Å². The van der Waals surface area contributed by atoms with Crippen LogP contribution in [0.5, 0.6) is 0 Å². The third-order valence-corrected chi connectivity index (χ3v) is 4.22. The molecule has 1 N–H and O–H groups in total. The summed E-state index contributed by atoms with van der Waals surface area (Å²) in [6.45, 7) is 2.10. The molecule has 1 saturated carbocycles. The predicted octanol–water partition coefficient (Wildman–Crippen LogP) is 3.39. The van der Waals surface area contributed by atoms with Crippen LogP contribution in [-0.2, 0) is 0 Å². The first-order chi connectivity index (χ1) is 9.16. The molecular formula is C15H18N2O2. The van der Waals surface area contributed by atoms with Crippen LogP contribution in [0.1, 0.15) is 59.8 Å². The van der Waals surface area contributed by atoms with E-state index in [2.05, 4.69) is 18.0 Å². The molecule has 2 aromatic heterocycles. The molecule has 2 heterocycles. The van der Waals surface area contributed by atoms with Gasteiger partial charge in [0.05, 0.1) is 0 Å². The van der Waals surface area contributed by atoms with E-state index in [9.17, 15) is 4.79 Å². The fourth-order valence-corrected chi connectivity index (χ4v) is 3.17. The highest BCUT2D eigenvalue weighted by Gasteiger charge is 2.20. The molecule has 0 aliphatic heterocycles. The predicted molar refractivity (Wildman–Crippen MR) is 72.7 cm³/mol. The SMILES string of the molecule is Cc1c(C2CCCCC2)cc2cc(C(=O)O)ncn12. The maximum absolute atomic E-state index is 11.0. The van der Waals surface area contributed by atoms with E-state index < -0.39 is 5.97 Å². The number of aromatic carboxylic acids is 1. The second kappa shape index (κ2) is 4.68. The smallest absolute Gasteiger partial charge is 0.354 e. The Morgan fingerprint density at radius 3 is 2.74 bits per heavy atom. The van der Waals surface area contributed by atoms with E-state index in [4.69, 9.17) is 5.11 Å². The van der Waals surface area contributed by atoms with E-state index in [1.165, 1.54) is 43.4 Å². The summed E-state index contributed by atoms with van der Waals surface area (Å²) >= 11 is 0. The highest BCUT2D eigenvalue weighted by atomic mass is 16.4. The molecule has 4 heteroatoms. The quantitative estimate of drug-likeness (QED) is 0.898. The van der Waals surface area contributed by atoms with Crippen LogP contribution in [0.15, 0.2) is 18.5 Å². The number of fused-ring (bicyclic) bond motifs is 1. The van der Waals surface area contributed by atoms with Crippen LogP contribution in [0.3, 0.4) is 0 Å². The van der Waals surface area contributed by atoms with Crippen molar-refractivity contribution in [2.45, 2.75) is 44.9 Å². The van der Waals surface area contributed by atoms with Gasteiger partial charge in [-0.2, -0.15) is 0 Å². The number of carboxylic acids is 1. The summed E-state index contributed by atoms with van der Waals surface area (Å²) in [6.07, 6.45) is 8.06. The molecule has 0 radical (unpaired) electrons. The van der Waals surface area contributed by atoms with Gasteiger partial charge in [0.15, 0.2) is 5.69 Å². The van der Waals surface area contributed by atoms with Crippen molar-refractivity contribution in [2.24, 2.45) is 0 Å². The lowest BCUT2D eigenvalue weighted by molar-refractivity contribution is 0.0690. The molecular weight excluding hydrogens is 240 g/mol. The first-order valence-corrected chi connectivity index (χ1v) is 6.87. The topological polar surface area (TPSA) is 54.6 Å². The first kappa shape index (κ1) is 12.2. The normalized spacial score (nSPS) is 16.9. The lowest BCUT2D eigenvalue weighted by Crippen LogP contribution is -2.05. The Morgan fingerprint density at radius 1 is 1.32 bits per heavy atom. The molecule has 1 fully saturated rings. The molecule has 0 bridgehead atoms.